The van der Waals surface area contributed by atoms with Crippen LogP contribution in [0.3, 0.4) is 0 Å². The number of carbonyl (C=O) groups is 1. The van der Waals surface area contributed by atoms with Crippen molar-refractivity contribution in [1.29, 1.82) is 0 Å². The van der Waals surface area contributed by atoms with Crippen LogP contribution in [0.1, 0.15) is 37.8 Å². The number of piperidine rings is 1. The predicted octanol–water partition coefficient (Wildman–Crippen LogP) is 2.01. The molecule has 1 aliphatic rings. The lowest BCUT2D eigenvalue weighted by atomic mass is 10.0. The summed E-state index contributed by atoms with van der Waals surface area (Å²) in [7, 11) is 0. The molecule has 17 heavy (non-hydrogen) atoms. The maximum absolute atomic E-state index is 12.0. The molecule has 0 bridgehead atoms. The van der Waals surface area contributed by atoms with Crippen molar-refractivity contribution in [1.82, 2.24) is 10.6 Å². The van der Waals surface area contributed by atoms with Gasteiger partial charge in [-0.15, -0.1) is 0 Å². The highest BCUT2D eigenvalue weighted by atomic mass is 16.2. The van der Waals surface area contributed by atoms with Gasteiger partial charge in [-0.05, 0) is 31.9 Å². The first-order chi connectivity index (χ1) is 8.27. The summed E-state index contributed by atoms with van der Waals surface area (Å²) in [5, 5.41) is 6.33. The fourth-order valence-electron chi connectivity index (χ4n) is 2.21. The highest BCUT2D eigenvalue weighted by Crippen LogP contribution is 2.13. The molecule has 2 N–H and O–H groups in total. The van der Waals surface area contributed by atoms with Gasteiger partial charge in [-0.25, -0.2) is 0 Å². The van der Waals surface area contributed by atoms with Crippen LogP contribution >= 0.6 is 0 Å². The van der Waals surface area contributed by atoms with Crippen molar-refractivity contribution in [3.05, 3.63) is 35.9 Å². The zero-order valence-electron chi connectivity index (χ0n) is 10.3. The maximum atomic E-state index is 12.0. The number of nitrogens with one attached hydrogen (secondary N) is 2. The van der Waals surface area contributed by atoms with E-state index in [2.05, 4.69) is 10.6 Å². The minimum atomic E-state index is -0.00471. The Hall–Kier alpha value is -1.35. The van der Waals surface area contributed by atoms with Crippen LogP contribution in [0.5, 0.6) is 0 Å². The molecule has 0 spiro atoms. The molecule has 1 fully saturated rings. The molecule has 1 saturated heterocycles. The van der Waals surface area contributed by atoms with Crippen molar-refractivity contribution in [2.24, 2.45) is 0 Å². The molecule has 1 aliphatic heterocycles. The number of benzene rings is 1. The van der Waals surface area contributed by atoms with Crippen molar-refractivity contribution in [3.8, 4) is 0 Å². The monoisotopic (exact) mass is 232 g/mol. The number of hydrogen-bond acceptors (Lipinski definition) is 2. The molecule has 1 aromatic carbocycles. The molecule has 1 amide bonds. The molecular formula is C14H20N2O. The van der Waals surface area contributed by atoms with Crippen LogP contribution in [0.15, 0.2) is 30.3 Å². The van der Waals surface area contributed by atoms with Crippen LogP contribution in [-0.4, -0.2) is 18.5 Å². The van der Waals surface area contributed by atoms with Crippen LogP contribution in [0.4, 0.5) is 0 Å². The van der Waals surface area contributed by atoms with Gasteiger partial charge in [-0.3, -0.25) is 4.79 Å². The normalized spacial score (nSPS) is 21.8. The van der Waals surface area contributed by atoms with E-state index in [4.69, 9.17) is 0 Å². The summed E-state index contributed by atoms with van der Waals surface area (Å²) in [4.78, 5) is 12.0. The first-order valence-electron chi connectivity index (χ1n) is 6.36. The van der Waals surface area contributed by atoms with Crippen molar-refractivity contribution in [3.63, 3.8) is 0 Å². The summed E-state index contributed by atoms with van der Waals surface area (Å²) >= 11 is 0. The number of carbonyl (C=O) groups excluding carboxylic acids is 1. The molecule has 3 heteroatoms. The van der Waals surface area contributed by atoms with E-state index in [-0.39, 0.29) is 18.0 Å². The lowest BCUT2D eigenvalue weighted by molar-refractivity contribution is -0.124. The molecule has 1 heterocycles. The zero-order chi connectivity index (χ0) is 12.1. The van der Waals surface area contributed by atoms with Gasteiger partial charge in [0.1, 0.15) is 0 Å². The van der Waals surface area contributed by atoms with Crippen LogP contribution in [0.2, 0.25) is 0 Å². The van der Waals surface area contributed by atoms with E-state index in [0.717, 1.165) is 24.9 Å². The third-order valence-electron chi connectivity index (χ3n) is 3.29. The summed E-state index contributed by atoms with van der Waals surface area (Å²) in [6.07, 6.45) is 3.27. The average molecular weight is 232 g/mol. The Balaban J connectivity index is 1.89. The minimum absolute atomic E-state index is 0.00471. The smallest absolute Gasteiger partial charge is 0.237 e. The van der Waals surface area contributed by atoms with E-state index in [0.29, 0.717) is 0 Å². The topological polar surface area (TPSA) is 41.1 Å². The molecule has 0 aromatic heterocycles. The maximum Gasteiger partial charge on any atom is 0.237 e. The molecule has 2 atom stereocenters. The molecule has 0 aliphatic carbocycles. The van der Waals surface area contributed by atoms with Crippen LogP contribution in [-0.2, 0) is 4.79 Å². The van der Waals surface area contributed by atoms with Crippen molar-refractivity contribution in [2.75, 3.05) is 6.54 Å². The van der Waals surface area contributed by atoms with Crippen LogP contribution in [0.25, 0.3) is 0 Å². The highest BCUT2D eigenvalue weighted by Gasteiger charge is 2.21. The Labute approximate surface area is 103 Å². The first kappa shape index (κ1) is 12.1. The van der Waals surface area contributed by atoms with Gasteiger partial charge < -0.3 is 10.6 Å². The Morgan fingerprint density at radius 3 is 2.76 bits per heavy atom. The van der Waals surface area contributed by atoms with Crippen molar-refractivity contribution in [2.45, 2.75) is 38.3 Å². The molecule has 3 nitrogen and oxygen atoms in total. The molecule has 1 aromatic rings. The Morgan fingerprint density at radius 2 is 2.12 bits per heavy atom. The predicted molar refractivity (Wildman–Crippen MR) is 68.6 cm³/mol. The van der Waals surface area contributed by atoms with Gasteiger partial charge in [-0.2, -0.15) is 0 Å². The van der Waals surface area contributed by atoms with E-state index in [1.54, 1.807) is 0 Å². The van der Waals surface area contributed by atoms with E-state index in [1.807, 2.05) is 37.3 Å². The summed E-state index contributed by atoms with van der Waals surface area (Å²) in [5.41, 5.74) is 1.15. The average Bonchev–Trinajstić information content (AvgIpc) is 2.40. The SMILES string of the molecule is CC(NC(=O)C1CCCCN1)c1ccccc1. The molecule has 2 unspecified atom stereocenters. The highest BCUT2D eigenvalue weighted by molar-refractivity contribution is 5.82. The molecule has 0 saturated carbocycles. The second-order valence-electron chi connectivity index (χ2n) is 4.64. The van der Waals surface area contributed by atoms with E-state index >= 15 is 0 Å². The Bertz CT molecular complexity index is 358. The summed E-state index contributed by atoms with van der Waals surface area (Å²) in [5.74, 6) is 0.126. The van der Waals surface area contributed by atoms with E-state index in [9.17, 15) is 4.79 Å². The number of rotatable bonds is 3. The number of hydrogen-bond donors (Lipinski definition) is 2. The lowest BCUT2D eigenvalue weighted by Crippen LogP contribution is -2.47. The van der Waals surface area contributed by atoms with Gasteiger partial charge in [0.25, 0.3) is 0 Å². The molecule has 0 radical (unpaired) electrons. The van der Waals surface area contributed by atoms with Gasteiger partial charge in [-0.1, -0.05) is 36.8 Å². The molecule has 92 valence electrons. The van der Waals surface area contributed by atoms with E-state index in [1.165, 1.54) is 6.42 Å². The molecular weight excluding hydrogens is 212 g/mol. The summed E-state index contributed by atoms with van der Waals surface area (Å²) in [6.45, 7) is 2.98. The van der Waals surface area contributed by atoms with Gasteiger partial charge in [0.05, 0.1) is 12.1 Å². The summed E-state index contributed by atoms with van der Waals surface area (Å²) < 4.78 is 0. The number of amides is 1. The van der Waals surface area contributed by atoms with Gasteiger partial charge in [0, 0.05) is 0 Å². The van der Waals surface area contributed by atoms with Crippen molar-refractivity contribution >= 4 is 5.91 Å². The standard InChI is InChI=1S/C14H20N2O/c1-11(12-7-3-2-4-8-12)16-14(17)13-9-5-6-10-15-13/h2-4,7-8,11,13,15H,5-6,9-10H2,1H3,(H,16,17). The third kappa shape index (κ3) is 3.30. The van der Waals surface area contributed by atoms with Crippen molar-refractivity contribution < 1.29 is 4.79 Å². The van der Waals surface area contributed by atoms with Gasteiger partial charge in [0.15, 0.2) is 0 Å². The summed E-state index contributed by atoms with van der Waals surface area (Å²) in [6, 6.07) is 10.1. The lowest BCUT2D eigenvalue weighted by Gasteiger charge is -2.24. The zero-order valence-corrected chi connectivity index (χ0v) is 10.3. The Morgan fingerprint density at radius 1 is 1.35 bits per heavy atom. The fraction of sp³-hybridized carbons (Fsp3) is 0.500. The second-order valence-corrected chi connectivity index (χ2v) is 4.64. The Kier molecular flexibility index (Phi) is 4.15. The quantitative estimate of drug-likeness (QED) is 0.837. The van der Waals surface area contributed by atoms with Crippen LogP contribution in [0, 0.1) is 0 Å². The van der Waals surface area contributed by atoms with E-state index < -0.39 is 0 Å². The first-order valence-corrected chi connectivity index (χ1v) is 6.36. The molecule has 2 rings (SSSR count). The minimum Gasteiger partial charge on any atom is -0.348 e. The second kappa shape index (κ2) is 5.82. The third-order valence-corrected chi connectivity index (χ3v) is 3.29. The van der Waals surface area contributed by atoms with Gasteiger partial charge in [0.2, 0.25) is 5.91 Å². The van der Waals surface area contributed by atoms with Crippen LogP contribution < -0.4 is 10.6 Å². The van der Waals surface area contributed by atoms with Gasteiger partial charge >= 0.3 is 0 Å². The largest absolute Gasteiger partial charge is 0.348 e. The fourth-order valence-corrected chi connectivity index (χ4v) is 2.21.